The number of para-hydroxylation sites is 6. The predicted molar refractivity (Wildman–Crippen MR) is 302 cm³/mol. The molecule has 10 aromatic carbocycles. The lowest BCUT2D eigenvalue weighted by molar-refractivity contribution is 0.891. The number of aromatic nitrogens is 7. The van der Waals surface area contributed by atoms with Gasteiger partial charge in [-0.2, -0.15) is 15.0 Å². The van der Waals surface area contributed by atoms with E-state index in [4.69, 9.17) is 36.6 Å². The molecule has 0 aliphatic rings. The summed E-state index contributed by atoms with van der Waals surface area (Å²) in [6.07, 6.45) is 0. The highest BCUT2D eigenvalue weighted by atomic mass is 32.1. The lowest BCUT2D eigenvalue weighted by Crippen LogP contribution is -2.12. The van der Waals surface area contributed by atoms with Crippen molar-refractivity contribution >= 4 is 124 Å². The Kier molecular flexibility index (Phi) is 4.38. The molecule has 0 saturated heterocycles. The van der Waals surface area contributed by atoms with E-state index < -0.39 is 275 Å². The third-order valence-electron chi connectivity index (χ3n) is 12.8. The van der Waals surface area contributed by atoms with Crippen molar-refractivity contribution in [2.24, 2.45) is 0 Å². The van der Waals surface area contributed by atoms with Gasteiger partial charge in [-0.05, 0) is 78.0 Å². The summed E-state index contributed by atoms with van der Waals surface area (Å²) in [5.74, 6) is -2.82. The molecule has 0 spiro atoms. The fourth-order valence-electron chi connectivity index (χ4n) is 9.94. The fourth-order valence-corrected chi connectivity index (χ4v) is 10.9. The third kappa shape index (κ3) is 5.55. The second kappa shape index (κ2) is 15.1. The maximum Gasteiger partial charge on any atom is 0.240 e. The summed E-state index contributed by atoms with van der Waals surface area (Å²) in [6.45, 7) is 8.08. The molecule has 0 N–H and O–H groups in total. The molecule has 6 aromatic heterocycles. The summed E-state index contributed by atoms with van der Waals surface area (Å²) in [6, 6.07) is -14.1. The van der Waals surface area contributed by atoms with Crippen LogP contribution in [-0.4, -0.2) is 33.2 Å². The highest BCUT2D eigenvalue weighted by Crippen LogP contribution is 2.47. The van der Waals surface area contributed by atoms with E-state index in [-0.39, 0.29) is 36.9 Å². The van der Waals surface area contributed by atoms with E-state index >= 15 is 0 Å². The van der Waals surface area contributed by atoms with Crippen LogP contribution in [0.2, 0.25) is 0 Å². The number of benzene rings is 10. The third-order valence-corrected chi connectivity index (χ3v) is 13.9. The molecule has 0 aliphatic heterocycles. The first-order chi connectivity index (χ1) is 48.2. The smallest absolute Gasteiger partial charge is 0.240 e. The molecule has 0 fully saturated rings. The molecular formula is C64H36N8S. The van der Waals surface area contributed by atoms with Crippen LogP contribution >= 0.6 is 11.3 Å². The molecule has 338 valence electrons. The molecule has 73 heavy (non-hydrogen) atoms. The van der Waals surface area contributed by atoms with Crippen molar-refractivity contribution in [1.29, 1.82) is 0 Å². The van der Waals surface area contributed by atoms with Crippen molar-refractivity contribution in [1.82, 2.24) is 33.2 Å². The molecule has 16 aromatic rings. The van der Waals surface area contributed by atoms with E-state index in [0.717, 1.165) is 13.7 Å². The standard InChI is InChI=1S/C64H36N8S/c1-65-38-33-35-54-47(37-38)44-22-7-9-24-48(44)69(54)55-30-16-31-56(70-49-25-10-6-21-43(49)45-34-36-58-59(61(45)70)46-23-8-15-32-57(46)73-58)60(55)62-66-63(71-50-26-11-2-17-39(50)40-18-3-12-27-51(40)71)68-64(67-62)72-52-28-13-4-19-41(52)42-20-5-14-29-53(42)72/h2-37H/i2D,3D,4D,5D,6D,8D,10D,11D,12D,13D,14D,15D,16D,17D,18D,19D,20D,21D,23D,25D,26D,27D,28D,29D,30D,31D,32D,34D,36D. The van der Waals surface area contributed by atoms with Crippen LogP contribution in [0, 0.1) is 6.57 Å². The molecule has 0 amide bonds. The van der Waals surface area contributed by atoms with Crippen LogP contribution < -0.4 is 0 Å². The van der Waals surface area contributed by atoms with Crippen LogP contribution in [0.15, 0.2) is 218 Å². The Morgan fingerprint density at radius 3 is 1.51 bits per heavy atom. The van der Waals surface area contributed by atoms with Crippen LogP contribution in [0.1, 0.15) is 39.8 Å². The summed E-state index contributed by atoms with van der Waals surface area (Å²) in [5.41, 5.74) is -5.29. The maximum atomic E-state index is 10.6. The zero-order valence-electron chi connectivity index (χ0n) is 65.5. The molecule has 9 heteroatoms. The Hall–Kier alpha value is -9.88. The van der Waals surface area contributed by atoms with Gasteiger partial charge in [0.25, 0.3) is 0 Å². The van der Waals surface area contributed by atoms with Gasteiger partial charge in [0.2, 0.25) is 11.9 Å². The molecule has 0 radical (unpaired) electrons. The van der Waals surface area contributed by atoms with Crippen molar-refractivity contribution in [3.05, 3.63) is 229 Å². The number of rotatable bonds is 5. The van der Waals surface area contributed by atoms with E-state index in [0.29, 0.717) is 22.1 Å². The molecular weight excluding hydrogens is 913 g/mol. The first kappa shape index (κ1) is 21.2. The zero-order valence-corrected chi connectivity index (χ0v) is 37.3. The van der Waals surface area contributed by atoms with Crippen molar-refractivity contribution in [3.8, 4) is 34.7 Å². The number of hydrogen-bond donors (Lipinski definition) is 0. The first-order valence-corrected chi connectivity index (χ1v) is 22.8. The maximum absolute atomic E-state index is 10.6. The summed E-state index contributed by atoms with van der Waals surface area (Å²) >= 11 is 0.655. The van der Waals surface area contributed by atoms with Gasteiger partial charge >= 0.3 is 0 Å². The minimum Gasteiger partial charge on any atom is -0.309 e. The van der Waals surface area contributed by atoms with Crippen molar-refractivity contribution in [2.75, 3.05) is 0 Å². The van der Waals surface area contributed by atoms with E-state index in [2.05, 4.69) is 4.85 Å². The first-order valence-electron chi connectivity index (χ1n) is 36.4. The van der Waals surface area contributed by atoms with Crippen molar-refractivity contribution in [2.45, 2.75) is 0 Å². The summed E-state index contributed by atoms with van der Waals surface area (Å²) in [7, 11) is 0. The molecule has 16 rings (SSSR count). The van der Waals surface area contributed by atoms with Crippen molar-refractivity contribution < 1.29 is 39.8 Å². The van der Waals surface area contributed by atoms with E-state index in [1.807, 2.05) is 0 Å². The van der Waals surface area contributed by atoms with Crippen LogP contribution in [0.25, 0.3) is 147 Å². The van der Waals surface area contributed by atoms with Crippen LogP contribution in [-0.2, 0) is 0 Å². The monoisotopic (exact) mass is 977 g/mol. The predicted octanol–water partition coefficient (Wildman–Crippen LogP) is 16.8. The molecule has 6 heterocycles. The van der Waals surface area contributed by atoms with Gasteiger partial charge in [0.05, 0.1) is 107 Å². The quantitative estimate of drug-likeness (QED) is 0.161. The molecule has 8 nitrogen and oxygen atoms in total. The van der Waals surface area contributed by atoms with Crippen molar-refractivity contribution in [3.63, 3.8) is 0 Å². The van der Waals surface area contributed by atoms with Crippen LogP contribution in [0.4, 0.5) is 5.69 Å². The number of thiophene rings is 1. The number of nitrogens with zero attached hydrogens (tertiary/aromatic N) is 8. The average Bonchev–Trinajstić information content (AvgIpc) is 1.51. The average molecular weight is 978 g/mol. The second-order valence-electron chi connectivity index (χ2n) is 16.5. The summed E-state index contributed by atoms with van der Waals surface area (Å²) in [5, 5.41) is -3.06. The van der Waals surface area contributed by atoms with Gasteiger partial charge in [0, 0.05) is 57.9 Å². The molecule has 0 atom stereocenters. The van der Waals surface area contributed by atoms with Gasteiger partial charge in [-0.25, -0.2) is 4.85 Å². The number of fused-ring (bicyclic) bond motifs is 16. The highest BCUT2D eigenvalue weighted by molar-refractivity contribution is 7.26. The molecule has 0 aliphatic carbocycles. The van der Waals surface area contributed by atoms with Gasteiger partial charge < -0.3 is 9.13 Å². The Balaban J connectivity index is 1.26. The van der Waals surface area contributed by atoms with Crippen LogP contribution in [0.5, 0.6) is 0 Å². The Labute approximate surface area is 460 Å². The van der Waals surface area contributed by atoms with Gasteiger partial charge in [0.15, 0.2) is 11.5 Å². The lowest BCUT2D eigenvalue weighted by atomic mass is 10.1. The Bertz CT molecular complexity index is 6510. The van der Waals surface area contributed by atoms with E-state index in [1.54, 1.807) is 24.3 Å². The van der Waals surface area contributed by atoms with Gasteiger partial charge in [0.1, 0.15) is 0 Å². The van der Waals surface area contributed by atoms with Gasteiger partial charge in [-0.15, -0.1) is 11.3 Å². The lowest BCUT2D eigenvalue weighted by Gasteiger charge is -2.20. The van der Waals surface area contributed by atoms with E-state index in [1.165, 1.54) is 22.8 Å². The zero-order chi connectivity index (χ0) is 73.1. The largest absolute Gasteiger partial charge is 0.309 e. The van der Waals surface area contributed by atoms with Gasteiger partial charge in [-0.3, -0.25) is 9.13 Å². The molecule has 0 bridgehead atoms. The second-order valence-corrected chi connectivity index (χ2v) is 17.5. The Morgan fingerprint density at radius 1 is 0.397 bits per heavy atom. The normalized spacial score (nSPS) is 17.7. The summed E-state index contributed by atoms with van der Waals surface area (Å²) in [4.78, 5) is 18.7. The number of hydrogen-bond acceptors (Lipinski definition) is 4. The molecule has 0 saturated carbocycles. The SMILES string of the molecule is [2H]c1c([2H])c(-n2c3ccccc3c3cc([N+]#[C-])ccc32)c(-c2nc(-n3c4c([2H])c([2H])c([2H])c([2H])c4c4c([2H])c([2H])c([2H])c([2H])c43)nc(-n3c4c([2H])c([2H])c([2H])c([2H])c4c4c([2H])c([2H])c([2H])c([2H])c43)n2)c(-n2c3c([2H])c([2H])c([2H])c([2H])c3c3c([2H])c([2H])c4sc5c([2H])c([2H])c([2H])c([2H])c5c4c32)c1[2H]. The van der Waals surface area contributed by atoms with E-state index in [9.17, 15) is 24.7 Å². The Morgan fingerprint density at radius 2 is 0.904 bits per heavy atom. The highest BCUT2D eigenvalue weighted by Gasteiger charge is 2.28. The minimum atomic E-state index is -1.04. The topological polar surface area (TPSA) is 62.8 Å². The fraction of sp³-hybridized carbons (Fsp3) is 0. The van der Waals surface area contributed by atoms with Crippen LogP contribution in [0.3, 0.4) is 0 Å². The minimum absolute atomic E-state index is 0.112. The summed E-state index contributed by atoms with van der Waals surface area (Å²) < 4.78 is 277. The van der Waals surface area contributed by atoms with Gasteiger partial charge in [-0.1, -0.05) is 145 Å². The molecule has 0 unspecified atom stereocenters.